The Morgan fingerprint density at radius 1 is 1.16 bits per heavy atom. The number of carbonyl (C=O) groups is 1. The van der Waals surface area contributed by atoms with Crippen molar-refractivity contribution < 1.29 is 23.8 Å². The van der Waals surface area contributed by atoms with Crippen molar-refractivity contribution in [3.63, 3.8) is 0 Å². The molecule has 0 aliphatic carbocycles. The first kappa shape index (κ1) is 22.4. The van der Waals surface area contributed by atoms with Gasteiger partial charge in [0.1, 0.15) is 0 Å². The van der Waals surface area contributed by atoms with E-state index in [4.69, 9.17) is 19.0 Å². The minimum absolute atomic E-state index is 0.169. The first-order valence-electron chi connectivity index (χ1n) is 9.42. The van der Waals surface area contributed by atoms with Gasteiger partial charge in [-0.2, -0.15) is 5.06 Å². The highest BCUT2D eigenvalue weighted by Gasteiger charge is 2.48. The molecular weight excluding hydrogens is 322 g/mol. The molecule has 0 radical (unpaired) electrons. The monoisotopic (exact) mass is 359 g/mol. The molecule has 1 unspecified atom stereocenters. The molecule has 25 heavy (non-hydrogen) atoms. The molecule has 0 bridgehead atoms. The number of unbranched alkanes of at least 4 members (excludes halogenated alkanes) is 1. The summed E-state index contributed by atoms with van der Waals surface area (Å²) >= 11 is 0. The van der Waals surface area contributed by atoms with E-state index < -0.39 is 6.10 Å². The molecule has 0 spiro atoms. The fraction of sp³-hybridized carbons (Fsp3) is 0.947. The number of carbonyl (C=O) groups excluding carboxylic acids is 1. The predicted octanol–water partition coefficient (Wildman–Crippen LogP) is 3.33. The summed E-state index contributed by atoms with van der Waals surface area (Å²) in [5.74, 6) is -0.367. The van der Waals surface area contributed by atoms with Crippen LogP contribution in [-0.4, -0.2) is 61.2 Å². The topological polar surface area (TPSA) is 57.2 Å². The van der Waals surface area contributed by atoms with Crippen molar-refractivity contribution in [3.05, 3.63) is 0 Å². The van der Waals surface area contributed by atoms with Gasteiger partial charge in [0.05, 0.1) is 19.3 Å². The van der Waals surface area contributed by atoms with Gasteiger partial charge in [-0.1, -0.05) is 13.3 Å². The molecular formula is C19H37NO5. The normalized spacial score (nSPS) is 21.9. The van der Waals surface area contributed by atoms with E-state index in [0.29, 0.717) is 13.2 Å². The standard InChI is InChI=1S/C19H37NO5/c1-8-10-11-24-17(21)16(14-22-7)25-20-18(3,4)12-15(23-9-2)13-19(20,5)6/h15-16H,8-14H2,1-7H3. The lowest BCUT2D eigenvalue weighted by Gasteiger charge is -2.54. The lowest BCUT2D eigenvalue weighted by molar-refractivity contribution is -0.317. The third kappa shape index (κ3) is 6.51. The van der Waals surface area contributed by atoms with Crippen molar-refractivity contribution >= 4 is 5.97 Å². The van der Waals surface area contributed by atoms with E-state index in [1.165, 1.54) is 0 Å². The van der Waals surface area contributed by atoms with Gasteiger partial charge in [-0.05, 0) is 53.9 Å². The van der Waals surface area contributed by atoms with Gasteiger partial charge >= 0.3 is 5.97 Å². The number of esters is 1. The van der Waals surface area contributed by atoms with E-state index in [0.717, 1.165) is 25.7 Å². The molecule has 1 fully saturated rings. The van der Waals surface area contributed by atoms with Crippen molar-refractivity contribution in [2.75, 3.05) is 26.9 Å². The van der Waals surface area contributed by atoms with Crippen molar-refractivity contribution in [1.82, 2.24) is 5.06 Å². The van der Waals surface area contributed by atoms with E-state index in [9.17, 15) is 4.79 Å². The van der Waals surface area contributed by atoms with Crippen LogP contribution in [0.5, 0.6) is 0 Å². The summed E-state index contributed by atoms with van der Waals surface area (Å²) in [5.41, 5.74) is -0.533. The van der Waals surface area contributed by atoms with Crippen molar-refractivity contribution in [3.8, 4) is 0 Å². The second kappa shape index (κ2) is 9.86. The lowest BCUT2D eigenvalue weighted by Crippen LogP contribution is -2.63. The van der Waals surface area contributed by atoms with Crippen molar-refractivity contribution in [1.29, 1.82) is 0 Å². The third-order valence-corrected chi connectivity index (χ3v) is 4.51. The minimum Gasteiger partial charge on any atom is -0.464 e. The number of hydrogen-bond acceptors (Lipinski definition) is 6. The zero-order chi connectivity index (χ0) is 19.1. The molecule has 1 atom stereocenters. The molecule has 0 amide bonds. The van der Waals surface area contributed by atoms with Crippen LogP contribution in [0.1, 0.15) is 67.2 Å². The Morgan fingerprint density at radius 2 is 1.76 bits per heavy atom. The molecule has 0 N–H and O–H groups in total. The molecule has 6 nitrogen and oxygen atoms in total. The molecule has 0 saturated carbocycles. The molecule has 0 aromatic heterocycles. The summed E-state index contributed by atoms with van der Waals surface area (Å²) in [6.45, 7) is 13.8. The predicted molar refractivity (Wildman–Crippen MR) is 97.3 cm³/mol. The number of rotatable bonds is 10. The molecule has 1 rings (SSSR count). The average molecular weight is 360 g/mol. The number of nitrogens with zero attached hydrogens (tertiary/aromatic N) is 1. The molecule has 6 heteroatoms. The van der Waals surface area contributed by atoms with Crippen molar-refractivity contribution in [2.24, 2.45) is 0 Å². The molecule has 1 saturated heterocycles. The Kier molecular flexibility index (Phi) is 8.81. The zero-order valence-corrected chi connectivity index (χ0v) is 17.1. The summed E-state index contributed by atoms with van der Waals surface area (Å²) < 4.78 is 16.4. The summed E-state index contributed by atoms with van der Waals surface area (Å²) in [6, 6.07) is 0. The first-order chi connectivity index (χ1) is 11.7. The van der Waals surface area contributed by atoms with Gasteiger partial charge in [0, 0.05) is 24.8 Å². The van der Waals surface area contributed by atoms with Crippen molar-refractivity contribution in [2.45, 2.75) is 90.5 Å². The maximum atomic E-state index is 12.4. The van der Waals surface area contributed by atoms with Crippen LogP contribution in [0.3, 0.4) is 0 Å². The highest BCUT2D eigenvalue weighted by molar-refractivity contribution is 5.74. The smallest absolute Gasteiger partial charge is 0.339 e. The summed E-state index contributed by atoms with van der Waals surface area (Å²) in [5, 5.41) is 1.94. The maximum absolute atomic E-state index is 12.4. The van der Waals surface area contributed by atoms with Crippen LogP contribution in [0.25, 0.3) is 0 Å². The van der Waals surface area contributed by atoms with E-state index >= 15 is 0 Å². The Morgan fingerprint density at radius 3 is 2.24 bits per heavy atom. The largest absolute Gasteiger partial charge is 0.464 e. The molecule has 1 aliphatic rings. The number of ether oxygens (including phenoxy) is 3. The van der Waals surface area contributed by atoms with Gasteiger partial charge in [0.25, 0.3) is 0 Å². The van der Waals surface area contributed by atoms with Gasteiger partial charge in [0.2, 0.25) is 0 Å². The summed E-state index contributed by atoms with van der Waals surface area (Å²) in [7, 11) is 1.56. The maximum Gasteiger partial charge on any atom is 0.339 e. The second-order valence-corrected chi connectivity index (χ2v) is 7.98. The van der Waals surface area contributed by atoms with E-state index in [-0.39, 0.29) is 29.8 Å². The van der Waals surface area contributed by atoms with Crippen LogP contribution in [0.15, 0.2) is 0 Å². The van der Waals surface area contributed by atoms with Gasteiger partial charge in [0.15, 0.2) is 6.10 Å². The minimum atomic E-state index is -0.760. The quantitative estimate of drug-likeness (QED) is 0.440. The van der Waals surface area contributed by atoms with Gasteiger partial charge in [-0.15, -0.1) is 0 Å². The highest BCUT2D eigenvalue weighted by atomic mass is 16.7. The highest BCUT2D eigenvalue weighted by Crippen LogP contribution is 2.40. The van der Waals surface area contributed by atoms with Crippen LogP contribution in [0.4, 0.5) is 0 Å². The summed E-state index contributed by atoms with van der Waals surface area (Å²) in [4.78, 5) is 18.6. The molecule has 1 heterocycles. The van der Waals surface area contributed by atoms with Gasteiger partial charge < -0.3 is 14.2 Å². The number of methoxy groups -OCH3 is 1. The van der Waals surface area contributed by atoms with E-state index in [2.05, 4.69) is 34.6 Å². The van der Waals surface area contributed by atoms with Crippen LogP contribution in [0, 0.1) is 0 Å². The third-order valence-electron chi connectivity index (χ3n) is 4.51. The first-order valence-corrected chi connectivity index (χ1v) is 9.42. The average Bonchev–Trinajstić information content (AvgIpc) is 2.49. The Bertz CT molecular complexity index is 393. The van der Waals surface area contributed by atoms with Crippen LogP contribution in [-0.2, 0) is 23.8 Å². The van der Waals surface area contributed by atoms with Gasteiger partial charge in [-0.25, -0.2) is 4.79 Å². The molecule has 1 aliphatic heterocycles. The molecule has 0 aromatic rings. The van der Waals surface area contributed by atoms with Gasteiger partial charge in [-0.3, -0.25) is 4.84 Å². The number of piperidine rings is 1. The molecule has 0 aromatic carbocycles. The second-order valence-electron chi connectivity index (χ2n) is 7.98. The van der Waals surface area contributed by atoms with Crippen LogP contribution >= 0.6 is 0 Å². The Labute approximate surface area is 153 Å². The zero-order valence-electron chi connectivity index (χ0n) is 17.1. The van der Waals surface area contributed by atoms with Crippen LogP contribution < -0.4 is 0 Å². The molecule has 148 valence electrons. The Hall–Kier alpha value is -0.690. The van der Waals surface area contributed by atoms with E-state index in [1.807, 2.05) is 12.0 Å². The Balaban J connectivity index is 2.85. The number of hydroxylamine groups is 2. The fourth-order valence-corrected chi connectivity index (χ4v) is 3.64. The SMILES string of the molecule is CCCCOC(=O)C(COC)ON1C(C)(C)CC(OCC)CC1(C)C. The van der Waals surface area contributed by atoms with E-state index in [1.54, 1.807) is 7.11 Å². The lowest BCUT2D eigenvalue weighted by atomic mass is 9.80. The fourth-order valence-electron chi connectivity index (χ4n) is 3.64. The number of hydrogen-bond donors (Lipinski definition) is 0. The summed E-state index contributed by atoms with van der Waals surface area (Å²) in [6.07, 6.45) is 2.94. The van der Waals surface area contributed by atoms with Crippen LogP contribution in [0.2, 0.25) is 0 Å².